The summed E-state index contributed by atoms with van der Waals surface area (Å²) in [4.78, 5) is 25.4. The zero-order chi connectivity index (χ0) is 15.8. The molecule has 114 valence electrons. The Morgan fingerprint density at radius 3 is 2.14 bits per heavy atom. The topological polar surface area (TPSA) is 75.4 Å². The van der Waals surface area contributed by atoms with E-state index in [1.54, 1.807) is 12.1 Å². The maximum absolute atomic E-state index is 12.1. The third-order valence-corrected chi connectivity index (χ3v) is 3.18. The minimum Gasteiger partial charge on any atom is -0.350 e. The van der Waals surface area contributed by atoms with Crippen LogP contribution >= 0.6 is 0 Å². The number of nitrogens with zero attached hydrogens (tertiary/aromatic N) is 1. The number of para-hydroxylation sites is 1. The summed E-state index contributed by atoms with van der Waals surface area (Å²) >= 11 is 0. The Bertz CT molecular complexity index is 614. The van der Waals surface area contributed by atoms with Gasteiger partial charge in [-0.05, 0) is 17.7 Å². The number of nitrogens with two attached hydrogens (primary N) is 1. The molecule has 5 heteroatoms. The standard InChI is InChI=1S/C17H19N3O2/c18-11-17(22)20(15-9-5-2-6-10-15)13-16(21)19-12-14-7-3-1-4-8-14/h1-10H,11-13,18H2,(H,19,21). The van der Waals surface area contributed by atoms with E-state index >= 15 is 0 Å². The van der Waals surface area contributed by atoms with Gasteiger partial charge < -0.3 is 16.0 Å². The molecule has 0 aliphatic rings. The Kier molecular flexibility index (Phi) is 5.68. The summed E-state index contributed by atoms with van der Waals surface area (Å²) in [5, 5.41) is 2.80. The first kappa shape index (κ1) is 15.7. The zero-order valence-electron chi connectivity index (χ0n) is 12.2. The number of hydrogen-bond donors (Lipinski definition) is 2. The number of benzene rings is 2. The van der Waals surface area contributed by atoms with E-state index in [0.717, 1.165) is 5.56 Å². The monoisotopic (exact) mass is 297 g/mol. The molecule has 0 aliphatic heterocycles. The lowest BCUT2D eigenvalue weighted by Gasteiger charge is -2.21. The third-order valence-electron chi connectivity index (χ3n) is 3.18. The number of hydrogen-bond acceptors (Lipinski definition) is 3. The molecule has 0 fully saturated rings. The summed E-state index contributed by atoms with van der Waals surface area (Å²) in [6, 6.07) is 18.6. The van der Waals surface area contributed by atoms with Crippen molar-refractivity contribution in [2.45, 2.75) is 6.54 Å². The van der Waals surface area contributed by atoms with Crippen molar-refractivity contribution >= 4 is 17.5 Å². The number of carbonyl (C=O) groups is 2. The fraction of sp³-hybridized carbons (Fsp3) is 0.176. The number of carbonyl (C=O) groups excluding carboxylic acids is 2. The lowest BCUT2D eigenvalue weighted by Crippen LogP contribution is -2.43. The summed E-state index contributed by atoms with van der Waals surface area (Å²) in [5.74, 6) is -0.518. The van der Waals surface area contributed by atoms with Gasteiger partial charge in [0.25, 0.3) is 0 Å². The number of rotatable bonds is 6. The first-order chi connectivity index (χ1) is 10.7. The van der Waals surface area contributed by atoms with Crippen LogP contribution in [-0.2, 0) is 16.1 Å². The largest absolute Gasteiger partial charge is 0.350 e. The Hall–Kier alpha value is -2.66. The van der Waals surface area contributed by atoms with Crippen molar-refractivity contribution in [3.8, 4) is 0 Å². The van der Waals surface area contributed by atoms with Gasteiger partial charge in [-0.15, -0.1) is 0 Å². The number of amides is 2. The molecular weight excluding hydrogens is 278 g/mol. The van der Waals surface area contributed by atoms with Gasteiger partial charge in [-0.2, -0.15) is 0 Å². The number of anilines is 1. The van der Waals surface area contributed by atoms with Crippen molar-refractivity contribution in [2.24, 2.45) is 5.73 Å². The van der Waals surface area contributed by atoms with E-state index in [1.165, 1.54) is 4.90 Å². The highest BCUT2D eigenvalue weighted by Crippen LogP contribution is 2.12. The van der Waals surface area contributed by atoms with E-state index in [1.807, 2.05) is 48.5 Å². The van der Waals surface area contributed by atoms with E-state index in [4.69, 9.17) is 5.73 Å². The first-order valence-corrected chi connectivity index (χ1v) is 7.07. The smallest absolute Gasteiger partial charge is 0.241 e. The van der Waals surface area contributed by atoms with Crippen molar-refractivity contribution < 1.29 is 9.59 Å². The van der Waals surface area contributed by atoms with Crippen LogP contribution in [0.25, 0.3) is 0 Å². The molecule has 0 saturated carbocycles. The highest BCUT2D eigenvalue weighted by atomic mass is 16.2. The van der Waals surface area contributed by atoms with Gasteiger partial charge in [0.1, 0.15) is 6.54 Å². The van der Waals surface area contributed by atoms with Gasteiger partial charge >= 0.3 is 0 Å². The maximum atomic E-state index is 12.1. The lowest BCUT2D eigenvalue weighted by atomic mass is 10.2. The minimum atomic E-state index is -0.291. The molecule has 2 aromatic rings. The Morgan fingerprint density at radius 2 is 1.55 bits per heavy atom. The molecule has 5 nitrogen and oxygen atoms in total. The third kappa shape index (κ3) is 4.43. The van der Waals surface area contributed by atoms with Gasteiger partial charge in [0.15, 0.2) is 0 Å². The highest BCUT2D eigenvalue weighted by Gasteiger charge is 2.17. The molecule has 0 radical (unpaired) electrons. The highest BCUT2D eigenvalue weighted by molar-refractivity contribution is 5.99. The molecule has 0 spiro atoms. The summed E-state index contributed by atoms with van der Waals surface area (Å²) in [6.45, 7) is 0.243. The van der Waals surface area contributed by atoms with Crippen LogP contribution in [0.4, 0.5) is 5.69 Å². The average Bonchev–Trinajstić information content (AvgIpc) is 2.59. The molecule has 0 unspecified atom stereocenters. The second kappa shape index (κ2) is 7.95. The second-order valence-electron chi connectivity index (χ2n) is 4.78. The van der Waals surface area contributed by atoms with Crippen LogP contribution in [0.3, 0.4) is 0 Å². The van der Waals surface area contributed by atoms with Crippen molar-refractivity contribution in [1.82, 2.24) is 5.32 Å². The van der Waals surface area contributed by atoms with Crippen LogP contribution in [0, 0.1) is 0 Å². The van der Waals surface area contributed by atoms with Gasteiger partial charge in [-0.1, -0.05) is 48.5 Å². The van der Waals surface area contributed by atoms with Crippen molar-refractivity contribution in [3.05, 3.63) is 66.2 Å². The predicted molar refractivity (Wildman–Crippen MR) is 86.1 cm³/mol. The first-order valence-electron chi connectivity index (χ1n) is 7.07. The molecule has 2 rings (SSSR count). The predicted octanol–water partition coefficient (Wildman–Crippen LogP) is 1.29. The molecule has 0 atom stereocenters. The number of nitrogens with one attached hydrogen (secondary N) is 1. The van der Waals surface area contributed by atoms with E-state index in [2.05, 4.69) is 5.32 Å². The van der Waals surface area contributed by atoms with Gasteiger partial charge in [-0.25, -0.2) is 0 Å². The summed E-state index contributed by atoms with van der Waals surface area (Å²) in [5.41, 5.74) is 7.09. The fourth-order valence-corrected chi connectivity index (χ4v) is 2.04. The summed E-state index contributed by atoms with van der Waals surface area (Å²) < 4.78 is 0. The van der Waals surface area contributed by atoms with Crippen molar-refractivity contribution in [3.63, 3.8) is 0 Å². The summed E-state index contributed by atoms with van der Waals surface area (Å²) in [6.07, 6.45) is 0. The van der Waals surface area contributed by atoms with Gasteiger partial charge in [0.05, 0.1) is 6.54 Å². The minimum absolute atomic E-state index is 0.0487. The lowest BCUT2D eigenvalue weighted by molar-refractivity contribution is -0.123. The Balaban J connectivity index is 1.98. The van der Waals surface area contributed by atoms with E-state index in [0.29, 0.717) is 12.2 Å². The quantitative estimate of drug-likeness (QED) is 0.843. The Morgan fingerprint density at radius 1 is 0.955 bits per heavy atom. The van der Waals surface area contributed by atoms with E-state index in [-0.39, 0.29) is 24.9 Å². The molecule has 0 heterocycles. The van der Waals surface area contributed by atoms with Crippen LogP contribution in [0.5, 0.6) is 0 Å². The average molecular weight is 297 g/mol. The van der Waals surface area contributed by atoms with Crippen LogP contribution < -0.4 is 16.0 Å². The molecule has 3 N–H and O–H groups in total. The van der Waals surface area contributed by atoms with Crippen LogP contribution in [-0.4, -0.2) is 24.9 Å². The molecule has 0 aliphatic carbocycles. The van der Waals surface area contributed by atoms with E-state index in [9.17, 15) is 9.59 Å². The van der Waals surface area contributed by atoms with Gasteiger partial charge in [-0.3, -0.25) is 9.59 Å². The van der Waals surface area contributed by atoms with Crippen LogP contribution in [0.2, 0.25) is 0 Å². The molecule has 22 heavy (non-hydrogen) atoms. The SMILES string of the molecule is NCC(=O)N(CC(=O)NCc1ccccc1)c1ccccc1. The molecule has 0 saturated heterocycles. The summed E-state index contributed by atoms with van der Waals surface area (Å²) in [7, 11) is 0. The molecule has 0 aromatic heterocycles. The van der Waals surface area contributed by atoms with Crippen molar-refractivity contribution in [2.75, 3.05) is 18.0 Å². The normalized spacial score (nSPS) is 10.0. The van der Waals surface area contributed by atoms with Gasteiger partial charge in [0, 0.05) is 12.2 Å². The van der Waals surface area contributed by atoms with Crippen LogP contribution in [0.15, 0.2) is 60.7 Å². The molecule has 0 bridgehead atoms. The van der Waals surface area contributed by atoms with Crippen molar-refractivity contribution in [1.29, 1.82) is 0 Å². The molecule has 2 amide bonds. The van der Waals surface area contributed by atoms with Gasteiger partial charge in [0.2, 0.25) is 11.8 Å². The molecule has 2 aromatic carbocycles. The Labute approximate surface area is 129 Å². The molecular formula is C17H19N3O2. The maximum Gasteiger partial charge on any atom is 0.241 e. The second-order valence-corrected chi connectivity index (χ2v) is 4.78. The van der Waals surface area contributed by atoms with Crippen LogP contribution in [0.1, 0.15) is 5.56 Å². The zero-order valence-corrected chi connectivity index (χ0v) is 12.2. The fourth-order valence-electron chi connectivity index (χ4n) is 2.04. The van der Waals surface area contributed by atoms with E-state index < -0.39 is 0 Å².